The maximum atomic E-state index is 11.8. The van der Waals surface area contributed by atoms with Crippen LogP contribution in [0.4, 0.5) is 13.2 Å². The van der Waals surface area contributed by atoms with Gasteiger partial charge in [-0.25, -0.2) is 0 Å². The molecule has 7 heteroatoms. The van der Waals surface area contributed by atoms with E-state index in [-0.39, 0.29) is 25.0 Å². The third-order valence-corrected chi connectivity index (χ3v) is 3.54. The number of alkyl halides is 3. The van der Waals surface area contributed by atoms with Crippen molar-refractivity contribution in [3.05, 3.63) is 0 Å². The zero-order chi connectivity index (χ0) is 14.5. The summed E-state index contributed by atoms with van der Waals surface area (Å²) in [7, 11) is 1.69. The van der Waals surface area contributed by atoms with E-state index in [4.69, 9.17) is 5.73 Å². The Kier molecular flexibility index (Phi) is 6.06. The maximum absolute atomic E-state index is 11.8. The van der Waals surface area contributed by atoms with Gasteiger partial charge in [0.05, 0.1) is 13.0 Å². The van der Waals surface area contributed by atoms with Gasteiger partial charge < -0.3 is 15.4 Å². The van der Waals surface area contributed by atoms with Crippen LogP contribution in [0.15, 0.2) is 0 Å². The van der Waals surface area contributed by atoms with Crippen molar-refractivity contribution in [1.29, 1.82) is 0 Å². The highest BCUT2D eigenvalue weighted by atomic mass is 19.4. The quantitative estimate of drug-likeness (QED) is 0.752. The van der Waals surface area contributed by atoms with E-state index < -0.39 is 12.8 Å². The van der Waals surface area contributed by atoms with Crippen LogP contribution in [0.2, 0.25) is 0 Å². The first-order valence-electron chi connectivity index (χ1n) is 6.45. The highest BCUT2D eigenvalue weighted by Crippen LogP contribution is 2.28. The van der Waals surface area contributed by atoms with Crippen LogP contribution in [0.3, 0.4) is 0 Å². The summed E-state index contributed by atoms with van der Waals surface area (Å²) in [5.41, 5.74) is 5.64. The Balaban J connectivity index is 2.29. The zero-order valence-corrected chi connectivity index (χ0v) is 11.1. The molecule has 0 aromatic heterocycles. The number of carbonyl (C=O) groups excluding carboxylic acids is 1. The van der Waals surface area contributed by atoms with Gasteiger partial charge in [0.25, 0.3) is 0 Å². The molecular weight excluding hydrogens is 261 g/mol. The molecule has 4 nitrogen and oxygen atoms in total. The minimum absolute atomic E-state index is 0.0274. The Morgan fingerprint density at radius 1 is 1.42 bits per heavy atom. The number of ether oxygens (including phenoxy) is 1. The van der Waals surface area contributed by atoms with Crippen LogP contribution in [-0.4, -0.2) is 49.8 Å². The van der Waals surface area contributed by atoms with Crippen LogP contribution >= 0.6 is 0 Å². The van der Waals surface area contributed by atoms with E-state index in [9.17, 15) is 18.0 Å². The predicted molar refractivity (Wildman–Crippen MR) is 64.4 cm³/mol. The number of nitrogens with zero attached hydrogens (tertiary/aromatic N) is 1. The van der Waals surface area contributed by atoms with E-state index >= 15 is 0 Å². The minimum Gasteiger partial charge on any atom is -0.372 e. The SMILES string of the molecule is CN(C(=O)CCOCC(F)(F)F)C1CCCC1CN. The summed E-state index contributed by atoms with van der Waals surface area (Å²) in [6.45, 7) is -0.978. The summed E-state index contributed by atoms with van der Waals surface area (Å²) in [5, 5.41) is 0. The number of halogens is 3. The molecule has 0 aromatic carbocycles. The molecule has 0 spiro atoms. The van der Waals surface area contributed by atoms with Gasteiger partial charge in [-0.2, -0.15) is 13.2 Å². The molecule has 2 N–H and O–H groups in total. The number of nitrogens with two attached hydrogens (primary N) is 1. The average Bonchev–Trinajstić information content (AvgIpc) is 2.80. The summed E-state index contributed by atoms with van der Waals surface area (Å²) < 4.78 is 40.0. The van der Waals surface area contributed by atoms with Gasteiger partial charge in [-0.15, -0.1) is 0 Å². The maximum Gasteiger partial charge on any atom is 0.411 e. The number of amides is 1. The standard InChI is InChI=1S/C12H21F3N2O2/c1-17(10-4-2-3-9(10)7-16)11(18)5-6-19-8-12(13,14)15/h9-10H,2-8,16H2,1H3. The number of hydrogen-bond donors (Lipinski definition) is 1. The third-order valence-electron chi connectivity index (χ3n) is 3.54. The molecule has 19 heavy (non-hydrogen) atoms. The van der Waals surface area contributed by atoms with Gasteiger partial charge in [-0.3, -0.25) is 4.79 Å². The van der Waals surface area contributed by atoms with E-state index in [1.54, 1.807) is 11.9 Å². The molecule has 1 amide bonds. The average molecular weight is 282 g/mol. The van der Waals surface area contributed by atoms with Gasteiger partial charge >= 0.3 is 6.18 Å². The molecule has 2 atom stereocenters. The molecule has 0 aromatic rings. The molecular formula is C12H21F3N2O2. The molecule has 112 valence electrons. The number of hydrogen-bond acceptors (Lipinski definition) is 3. The van der Waals surface area contributed by atoms with E-state index in [1.807, 2.05) is 0 Å². The first-order chi connectivity index (χ1) is 8.85. The summed E-state index contributed by atoms with van der Waals surface area (Å²) in [5.74, 6) is 0.109. The molecule has 1 aliphatic rings. The molecule has 1 rings (SSSR count). The Morgan fingerprint density at radius 3 is 2.68 bits per heavy atom. The third kappa shape index (κ3) is 5.36. The second-order valence-electron chi connectivity index (χ2n) is 4.92. The monoisotopic (exact) mass is 282 g/mol. The smallest absolute Gasteiger partial charge is 0.372 e. The molecule has 0 saturated heterocycles. The van der Waals surface area contributed by atoms with Gasteiger partial charge in [0.1, 0.15) is 6.61 Å². The van der Waals surface area contributed by atoms with Crippen molar-refractivity contribution >= 4 is 5.91 Å². The van der Waals surface area contributed by atoms with Crippen molar-refractivity contribution in [3.63, 3.8) is 0 Å². The number of rotatable bonds is 6. The summed E-state index contributed by atoms with van der Waals surface area (Å²) in [4.78, 5) is 13.5. The summed E-state index contributed by atoms with van der Waals surface area (Å²) in [6, 6.07) is 0.111. The van der Waals surface area contributed by atoms with Crippen LogP contribution in [0.25, 0.3) is 0 Å². The van der Waals surface area contributed by atoms with Gasteiger partial charge in [0.2, 0.25) is 5.91 Å². The molecule has 0 radical (unpaired) electrons. The van der Waals surface area contributed by atoms with Gasteiger partial charge in [0, 0.05) is 13.1 Å². The van der Waals surface area contributed by atoms with Gasteiger partial charge in [0.15, 0.2) is 0 Å². The van der Waals surface area contributed by atoms with Crippen molar-refractivity contribution in [2.45, 2.75) is 37.9 Å². The first kappa shape index (κ1) is 16.2. The zero-order valence-electron chi connectivity index (χ0n) is 11.1. The predicted octanol–water partition coefficient (Wildman–Crippen LogP) is 1.54. The lowest BCUT2D eigenvalue weighted by Crippen LogP contribution is -2.41. The Morgan fingerprint density at radius 2 is 2.11 bits per heavy atom. The molecule has 2 unspecified atom stereocenters. The minimum atomic E-state index is -4.34. The molecule has 1 aliphatic carbocycles. The fourth-order valence-corrected chi connectivity index (χ4v) is 2.51. The lowest BCUT2D eigenvalue weighted by molar-refractivity contribution is -0.175. The van der Waals surface area contributed by atoms with Crippen molar-refractivity contribution in [2.75, 3.05) is 26.8 Å². The molecule has 0 bridgehead atoms. The molecule has 1 saturated carbocycles. The number of carbonyl (C=O) groups is 1. The van der Waals surface area contributed by atoms with Gasteiger partial charge in [-0.1, -0.05) is 6.42 Å². The lowest BCUT2D eigenvalue weighted by Gasteiger charge is -2.29. The van der Waals surface area contributed by atoms with E-state index in [2.05, 4.69) is 4.74 Å². The van der Waals surface area contributed by atoms with Crippen LogP contribution < -0.4 is 5.73 Å². The summed E-state index contributed by atoms with van der Waals surface area (Å²) in [6.07, 6.45) is -1.42. The van der Waals surface area contributed by atoms with Crippen molar-refractivity contribution in [3.8, 4) is 0 Å². The van der Waals surface area contributed by atoms with Crippen molar-refractivity contribution in [2.24, 2.45) is 11.7 Å². The van der Waals surface area contributed by atoms with E-state index in [1.165, 1.54) is 0 Å². The van der Waals surface area contributed by atoms with Gasteiger partial charge in [-0.05, 0) is 25.3 Å². The Bertz CT molecular complexity index is 297. The van der Waals surface area contributed by atoms with Crippen LogP contribution in [-0.2, 0) is 9.53 Å². The highest BCUT2D eigenvalue weighted by molar-refractivity contribution is 5.76. The van der Waals surface area contributed by atoms with Crippen LogP contribution in [0, 0.1) is 5.92 Å². The van der Waals surface area contributed by atoms with Crippen molar-refractivity contribution < 1.29 is 22.7 Å². The molecule has 1 fully saturated rings. The fraction of sp³-hybridized carbons (Fsp3) is 0.917. The van der Waals surface area contributed by atoms with E-state index in [0.29, 0.717) is 12.5 Å². The van der Waals surface area contributed by atoms with Crippen molar-refractivity contribution in [1.82, 2.24) is 4.90 Å². The molecule has 0 heterocycles. The highest BCUT2D eigenvalue weighted by Gasteiger charge is 2.32. The fourth-order valence-electron chi connectivity index (χ4n) is 2.51. The largest absolute Gasteiger partial charge is 0.411 e. The Hall–Kier alpha value is -0.820. The second kappa shape index (κ2) is 7.09. The lowest BCUT2D eigenvalue weighted by atomic mass is 10.0. The van der Waals surface area contributed by atoms with Crippen LogP contribution in [0.5, 0.6) is 0 Å². The topological polar surface area (TPSA) is 55.6 Å². The molecule has 0 aliphatic heterocycles. The Labute approximate surface area is 111 Å². The first-order valence-corrected chi connectivity index (χ1v) is 6.45. The second-order valence-corrected chi connectivity index (χ2v) is 4.92. The normalized spacial score (nSPS) is 23.6. The van der Waals surface area contributed by atoms with Crippen LogP contribution in [0.1, 0.15) is 25.7 Å². The summed E-state index contributed by atoms with van der Waals surface area (Å²) >= 11 is 0. The van der Waals surface area contributed by atoms with E-state index in [0.717, 1.165) is 19.3 Å².